The van der Waals surface area contributed by atoms with Gasteiger partial charge in [0.25, 0.3) is 0 Å². The van der Waals surface area contributed by atoms with E-state index in [1.165, 1.54) is 12.3 Å². The number of aromatic nitrogens is 3. The van der Waals surface area contributed by atoms with E-state index in [0.29, 0.717) is 11.0 Å². The molecule has 1 aromatic carbocycles. The predicted molar refractivity (Wildman–Crippen MR) is 75.4 cm³/mol. The molecule has 0 unspecified atom stereocenters. The van der Waals surface area contributed by atoms with Gasteiger partial charge in [-0.3, -0.25) is 4.90 Å². The van der Waals surface area contributed by atoms with Gasteiger partial charge in [-0.05, 0) is 33.6 Å². The number of aromatic carboxylic acids is 1. The molecule has 0 spiro atoms. The Bertz CT molecular complexity index is 685. The minimum Gasteiger partial charge on any atom is -0.476 e. The lowest BCUT2D eigenvalue weighted by atomic mass is 10.1. The van der Waals surface area contributed by atoms with Crippen molar-refractivity contribution < 1.29 is 14.3 Å². The Hall–Kier alpha value is -1.80. The maximum Gasteiger partial charge on any atom is 0.358 e. The van der Waals surface area contributed by atoms with E-state index in [-0.39, 0.29) is 17.6 Å². The van der Waals surface area contributed by atoms with Crippen LogP contribution in [0.5, 0.6) is 0 Å². The first kappa shape index (κ1) is 14.2. The van der Waals surface area contributed by atoms with Crippen LogP contribution < -0.4 is 0 Å². The van der Waals surface area contributed by atoms with Crippen molar-refractivity contribution >= 4 is 21.9 Å². The lowest BCUT2D eigenvalue weighted by molar-refractivity contribution is 0.0690. The highest BCUT2D eigenvalue weighted by atomic mass is 79.9. The second-order valence-electron chi connectivity index (χ2n) is 4.99. The zero-order valence-corrected chi connectivity index (χ0v) is 12.5. The molecule has 8 heteroatoms. The molecule has 21 heavy (non-hydrogen) atoms. The van der Waals surface area contributed by atoms with Crippen LogP contribution in [0, 0.1) is 5.82 Å². The Morgan fingerprint density at radius 1 is 1.48 bits per heavy atom. The molecule has 1 N–H and O–H groups in total. The number of carboxylic acids is 1. The smallest absolute Gasteiger partial charge is 0.358 e. The zero-order valence-electron chi connectivity index (χ0n) is 10.9. The molecule has 6 nitrogen and oxygen atoms in total. The standard InChI is InChI=1S/C13H12BrFN4O2/c14-10-2-1-8(3-11(10)15)4-18-5-9(6-18)19-7-12(13(20)21)16-17-19/h1-3,7,9H,4-6H2,(H,20,21). The van der Waals surface area contributed by atoms with Gasteiger partial charge in [0.1, 0.15) is 5.82 Å². The molecule has 0 atom stereocenters. The number of hydrogen-bond donors (Lipinski definition) is 1. The van der Waals surface area contributed by atoms with Crippen molar-refractivity contribution in [3.05, 3.63) is 45.9 Å². The Morgan fingerprint density at radius 2 is 2.24 bits per heavy atom. The van der Waals surface area contributed by atoms with Gasteiger partial charge >= 0.3 is 5.97 Å². The van der Waals surface area contributed by atoms with Gasteiger partial charge in [-0.1, -0.05) is 11.3 Å². The van der Waals surface area contributed by atoms with Gasteiger partial charge in [-0.25, -0.2) is 13.9 Å². The van der Waals surface area contributed by atoms with Crippen molar-refractivity contribution in [3.8, 4) is 0 Å². The molecule has 0 saturated carbocycles. The molecule has 0 bridgehead atoms. The molecule has 2 heterocycles. The fourth-order valence-corrected chi connectivity index (χ4v) is 2.54. The van der Waals surface area contributed by atoms with Crippen LogP contribution in [0.1, 0.15) is 22.1 Å². The van der Waals surface area contributed by atoms with E-state index < -0.39 is 5.97 Å². The second-order valence-corrected chi connectivity index (χ2v) is 5.84. The number of likely N-dealkylation sites (tertiary alicyclic amines) is 1. The summed E-state index contributed by atoms with van der Waals surface area (Å²) >= 11 is 3.13. The number of carbonyl (C=O) groups is 1. The van der Waals surface area contributed by atoms with Gasteiger partial charge in [0.2, 0.25) is 0 Å². The van der Waals surface area contributed by atoms with Crippen molar-refractivity contribution in [2.24, 2.45) is 0 Å². The van der Waals surface area contributed by atoms with Gasteiger partial charge in [0.05, 0.1) is 16.7 Å². The van der Waals surface area contributed by atoms with Crippen LogP contribution >= 0.6 is 15.9 Å². The Balaban J connectivity index is 1.57. The number of hydrogen-bond acceptors (Lipinski definition) is 4. The summed E-state index contributed by atoms with van der Waals surface area (Å²) in [5, 5.41) is 16.2. The predicted octanol–water partition coefficient (Wildman–Crippen LogP) is 1.93. The maximum atomic E-state index is 13.4. The molecule has 1 aromatic heterocycles. The number of nitrogens with zero attached hydrogens (tertiary/aromatic N) is 4. The highest BCUT2D eigenvalue weighted by Crippen LogP contribution is 2.24. The van der Waals surface area contributed by atoms with Crippen LogP contribution in [0.2, 0.25) is 0 Å². The van der Waals surface area contributed by atoms with Crippen molar-refractivity contribution in [1.29, 1.82) is 0 Å². The Labute approximate surface area is 128 Å². The minimum absolute atomic E-state index is 0.0524. The third-order valence-electron chi connectivity index (χ3n) is 3.43. The van der Waals surface area contributed by atoms with Gasteiger partial charge in [0, 0.05) is 19.6 Å². The number of benzene rings is 1. The number of rotatable bonds is 4. The molecule has 1 aliphatic heterocycles. The van der Waals surface area contributed by atoms with Gasteiger partial charge in [-0.2, -0.15) is 0 Å². The van der Waals surface area contributed by atoms with E-state index in [4.69, 9.17) is 5.11 Å². The van der Waals surface area contributed by atoms with Crippen molar-refractivity contribution in [3.63, 3.8) is 0 Å². The van der Waals surface area contributed by atoms with Crippen LogP contribution in [-0.4, -0.2) is 44.1 Å². The quantitative estimate of drug-likeness (QED) is 0.908. The summed E-state index contributed by atoms with van der Waals surface area (Å²) in [6, 6.07) is 5.19. The highest BCUT2D eigenvalue weighted by Gasteiger charge is 2.29. The molecule has 0 radical (unpaired) electrons. The molecule has 1 aliphatic rings. The molecule has 3 rings (SSSR count). The fourth-order valence-electron chi connectivity index (χ4n) is 2.29. The lowest BCUT2D eigenvalue weighted by Gasteiger charge is -2.38. The largest absolute Gasteiger partial charge is 0.476 e. The molecule has 1 saturated heterocycles. The molecule has 2 aromatic rings. The van der Waals surface area contributed by atoms with Gasteiger partial charge < -0.3 is 5.11 Å². The SMILES string of the molecule is O=C(O)c1cn(C2CN(Cc3ccc(Br)c(F)c3)C2)nn1. The monoisotopic (exact) mass is 354 g/mol. The Kier molecular flexibility index (Phi) is 3.73. The first-order valence-electron chi connectivity index (χ1n) is 6.34. The van der Waals surface area contributed by atoms with Crippen LogP contribution in [0.3, 0.4) is 0 Å². The van der Waals surface area contributed by atoms with E-state index >= 15 is 0 Å². The van der Waals surface area contributed by atoms with Crippen molar-refractivity contribution in [1.82, 2.24) is 19.9 Å². The lowest BCUT2D eigenvalue weighted by Crippen LogP contribution is -2.47. The van der Waals surface area contributed by atoms with Crippen LogP contribution in [-0.2, 0) is 6.54 Å². The maximum absolute atomic E-state index is 13.4. The average molecular weight is 355 g/mol. The van der Waals surface area contributed by atoms with Crippen LogP contribution in [0.25, 0.3) is 0 Å². The average Bonchev–Trinajstić information content (AvgIpc) is 2.87. The van der Waals surface area contributed by atoms with Crippen molar-refractivity contribution in [2.75, 3.05) is 13.1 Å². The topological polar surface area (TPSA) is 71.2 Å². The van der Waals surface area contributed by atoms with Crippen molar-refractivity contribution in [2.45, 2.75) is 12.6 Å². The summed E-state index contributed by atoms with van der Waals surface area (Å²) in [5.74, 6) is -1.35. The molecule has 110 valence electrons. The van der Waals surface area contributed by atoms with E-state index in [2.05, 4.69) is 31.1 Å². The van der Waals surface area contributed by atoms with E-state index in [1.54, 1.807) is 10.7 Å². The molecular formula is C13H12BrFN4O2. The van der Waals surface area contributed by atoms with E-state index in [0.717, 1.165) is 18.7 Å². The summed E-state index contributed by atoms with van der Waals surface area (Å²) in [5.41, 5.74) is 0.849. The summed E-state index contributed by atoms with van der Waals surface area (Å²) in [6.45, 7) is 2.13. The molecule has 0 amide bonds. The Morgan fingerprint density at radius 3 is 2.86 bits per heavy atom. The zero-order chi connectivity index (χ0) is 15.0. The molecular weight excluding hydrogens is 343 g/mol. The fraction of sp³-hybridized carbons (Fsp3) is 0.308. The molecule has 1 fully saturated rings. The van der Waals surface area contributed by atoms with Gasteiger partial charge in [0.15, 0.2) is 5.69 Å². The normalized spacial score (nSPS) is 15.9. The third-order valence-corrected chi connectivity index (χ3v) is 4.07. The van der Waals surface area contributed by atoms with Crippen LogP contribution in [0.4, 0.5) is 4.39 Å². The number of carboxylic acid groups (broad SMARTS) is 1. The highest BCUT2D eigenvalue weighted by molar-refractivity contribution is 9.10. The summed E-state index contributed by atoms with van der Waals surface area (Å²) < 4.78 is 15.5. The summed E-state index contributed by atoms with van der Waals surface area (Å²) in [4.78, 5) is 12.9. The second kappa shape index (κ2) is 5.53. The summed E-state index contributed by atoms with van der Waals surface area (Å²) in [6.07, 6.45) is 1.43. The van der Waals surface area contributed by atoms with Gasteiger partial charge in [-0.15, -0.1) is 5.10 Å². The molecule has 0 aliphatic carbocycles. The van der Waals surface area contributed by atoms with Crippen LogP contribution in [0.15, 0.2) is 28.9 Å². The minimum atomic E-state index is -1.08. The summed E-state index contributed by atoms with van der Waals surface area (Å²) in [7, 11) is 0. The first-order chi connectivity index (χ1) is 10.0. The van der Waals surface area contributed by atoms with E-state index in [9.17, 15) is 9.18 Å². The third kappa shape index (κ3) is 2.96. The first-order valence-corrected chi connectivity index (χ1v) is 7.13. The number of halogens is 2. The van der Waals surface area contributed by atoms with E-state index in [1.807, 2.05) is 6.07 Å².